The fourth-order valence-electron chi connectivity index (χ4n) is 1.51. The number of hydrogen-bond donors (Lipinski definition) is 1. The number of aryl methyl sites for hydroxylation is 1. The van der Waals surface area contributed by atoms with Gasteiger partial charge in [-0.2, -0.15) is 0 Å². The lowest BCUT2D eigenvalue weighted by Crippen LogP contribution is -2.15. The van der Waals surface area contributed by atoms with Crippen LogP contribution in [0.2, 0.25) is 0 Å². The lowest BCUT2D eigenvalue weighted by atomic mass is 10.1. The van der Waals surface area contributed by atoms with Gasteiger partial charge in [0.05, 0.1) is 18.7 Å². The molecule has 0 bridgehead atoms. The van der Waals surface area contributed by atoms with Crippen LogP contribution in [0.1, 0.15) is 18.9 Å². The van der Waals surface area contributed by atoms with Crippen LogP contribution < -0.4 is 15.2 Å². The lowest BCUT2D eigenvalue weighted by Gasteiger charge is -2.13. The van der Waals surface area contributed by atoms with Crippen LogP contribution in [-0.2, 0) is 6.42 Å². The zero-order valence-corrected chi connectivity index (χ0v) is 11.5. The van der Waals surface area contributed by atoms with Crippen molar-refractivity contribution in [3.63, 3.8) is 0 Å². The summed E-state index contributed by atoms with van der Waals surface area (Å²) < 4.78 is 11.5. The summed E-state index contributed by atoms with van der Waals surface area (Å²) in [6, 6.07) is 4.16. The maximum atomic E-state index is 5.75. The number of nitrogens with two attached hydrogens (primary N) is 1. The molecule has 3 nitrogen and oxygen atoms in total. The predicted octanol–water partition coefficient (Wildman–Crippen LogP) is 2.75. The molecule has 1 rings (SSSR count). The van der Waals surface area contributed by atoms with Gasteiger partial charge in [0, 0.05) is 6.04 Å². The molecule has 16 heavy (non-hydrogen) atoms. The minimum absolute atomic E-state index is 0.208. The molecule has 0 spiro atoms. The summed E-state index contributed by atoms with van der Waals surface area (Å²) >= 11 is 3.54. The second-order valence-corrected chi connectivity index (χ2v) is 4.58. The first kappa shape index (κ1) is 13.3. The van der Waals surface area contributed by atoms with Crippen molar-refractivity contribution in [3.05, 3.63) is 22.2 Å². The molecule has 2 N–H and O–H groups in total. The maximum Gasteiger partial charge on any atom is 0.175 e. The van der Waals surface area contributed by atoms with Crippen LogP contribution in [0, 0.1) is 0 Å². The third-order valence-corrected chi connectivity index (χ3v) is 3.30. The molecule has 1 unspecified atom stereocenters. The van der Waals surface area contributed by atoms with E-state index in [0.717, 1.165) is 28.8 Å². The van der Waals surface area contributed by atoms with E-state index in [9.17, 15) is 0 Å². The third kappa shape index (κ3) is 3.12. The molecule has 0 aliphatic heterocycles. The van der Waals surface area contributed by atoms with Crippen molar-refractivity contribution in [1.82, 2.24) is 0 Å². The molecule has 0 aliphatic rings. The van der Waals surface area contributed by atoms with E-state index in [2.05, 4.69) is 15.9 Å². The second kappa shape index (κ2) is 6.11. The zero-order valence-electron chi connectivity index (χ0n) is 9.92. The van der Waals surface area contributed by atoms with Crippen molar-refractivity contribution < 1.29 is 9.47 Å². The maximum absolute atomic E-state index is 5.75. The van der Waals surface area contributed by atoms with Gasteiger partial charge in [-0.05, 0) is 47.3 Å². The van der Waals surface area contributed by atoms with E-state index in [0.29, 0.717) is 0 Å². The van der Waals surface area contributed by atoms with Crippen LogP contribution in [-0.4, -0.2) is 20.3 Å². The van der Waals surface area contributed by atoms with E-state index < -0.39 is 0 Å². The Morgan fingerprint density at radius 1 is 1.31 bits per heavy atom. The number of halogens is 1. The molecule has 0 saturated heterocycles. The van der Waals surface area contributed by atoms with Gasteiger partial charge in [-0.15, -0.1) is 0 Å². The average molecular weight is 288 g/mol. The highest BCUT2D eigenvalue weighted by Crippen LogP contribution is 2.37. The molecule has 90 valence electrons. The summed E-state index contributed by atoms with van der Waals surface area (Å²) in [7, 11) is 3.27. The molecule has 0 aliphatic carbocycles. The highest BCUT2D eigenvalue weighted by atomic mass is 79.9. The Kier molecular flexibility index (Phi) is 5.09. The second-order valence-electron chi connectivity index (χ2n) is 3.79. The molecule has 0 heterocycles. The van der Waals surface area contributed by atoms with Gasteiger partial charge in [0.1, 0.15) is 0 Å². The van der Waals surface area contributed by atoms with Gasteiger partial charge in [-0.3, -0.25) is 0 Å². The average Bonchev–Trinajstić information content (AvgIpc) is 2.26. The molecule has 0 amide bonds. The highest BCUT2D eigenvalue weighted by molar-refractivity contribution is 9.10. The van der Waals surface area contributed by atoms with E-state index >= 15 is 0 Å². The zero-order chi connectivity index (χ0) is 12.1. The van der Waals surface area contributed by atoms with Crippen molar-refractivity contribution in [2.75, 3.05) is 14.2 Å². The van der Waals surface area contributed by atoms with Crippen LogP contribution in [0.3, 0.4) is 0 Å². The van der Waals surface area contributed by atoms with Gasteiger partial charge in [0.25, 0.3) is 0 Å². The molecule has 1 atom stereocenters. The monoisotopic (exact) mass is 287 g/mol. The van der Waals surface area contributed by atoms with E-state index in [-0.39, 0.29) is 6.04 Å². The number of methoxy groups -OCH3 is 2. The Labute approximate surface area is 105 Å². The smallest absolute Gasteiger partial charge is 0.175 e. The van der Waals surface area contributed by atoms with Crippen LogP contribution in [0.4, 0.5) is 0 Å². The van der Waals surface area contributed by atoms with Crippen molar-refractivity contribution in [2.24, 2.45) is 5.73 Å². The highest BCUT2D eigenvalue weighted by Gasteiger charge is 2.12. The molecule has 0 aromatic heterocycles. The summed E-state index contributed by atoms with van der Waals surface area (Å²) in [4.78, 5) is 0. The van der Waals surface area contributed by atoms with Crippen LogP contribution in [0.25, 0.3) is 0 Å². The standard InChI is InChI=1S/C12H18BrNO2/c1-8(14)4-5-9-6-7-10(15-2)12(16-3)11(9)13/h6-8H,4-5,14H2,1-3H3. The molecule has 1 aromatic rings. The van der Waals surface area contributed by atoms with Gasteiger partial charge in [-0.25, -0.2) is 0 Å². The SMILES string of the molecule is COc1ccc(CCC(C)N)c(Br)c1OC. The van der Waals surface area contributed by atoms with Gasteiger partial charge >= 0.3 is 0 Å². The molecule has 0 fully saturated rings. The summed E-state index contributed by atoms with van der Waals surface area (Å²) in [6.45, 7) is 2.01. The minimum atomic E-state index is 0.208. The van der Waals surface area contributed by atoms with Crippen LogP contribution in [0.15, 0.2) is 16.6 Å². The first-order valence-corrected chi connectivity index (χ1v) is 6.04. The first-order valence-electron chi connectivity index (χ1n) is 5.25. The van der Waals surface area contributed by atoms with Gasteiger partial charge in [0.15, 0.2) is 11.5 Å². The molecular weight excluding hydrogens is 270 g/mol. The third-order valence-electron chi connectivity index (χ3n) is 2.43. The van der Waals surface area contributed by atoms with Crippen LogP contribution >= 0.6 is 15.9 Å². The number of rotatable bonds is 5. The predicted molar refractivity (Wildman–Crippen MR) is 69.2 cm³/mol. The van der Waals surface area contributed by atoms with E-state index in [4.69, 9.17) is 15.2 Å². The molecule has 4 heteroatoms. The lowest BCUT2D eigenvalue weighted by molar-refractivity contribution is 0.352. The molecule has 0 radical (unpaired) electrons. The van der Waals surface area contributed by atoms with Crippen molar-refractivity contribution in [1.29, 1.82) is 0 Å². The van der Waals surface area contributed by atoms with Gasteiger partial charge in [0.2, 0.25) is 0 Å². The van der Waals surface area contributed by atoms with E-state index in [1.54, 1.807) is 14.2 Å². The number of hydrogen-bond acceptors (Lipinski definition) is 3. The summed E-state index contributed by atoms with van der Waals surface area (Å²) in [5.41, 5.74) is 6.94. The summed E-state index contributed by atoms with van der Waals surface area (Å²) in [5.74, 6) is 1.48. The van der Waals surface area contributed by atoms with Crippen molar-refractivity contribution in [2.45, 2.75) is 25.8 Å². The Bertz CT molecular complexity index is 353. The minimum Gasteiger partial charge on any atom is -0.493 e. The van der Waals surface area contributed by atoms with E-state index in [1.807, 2.05) is 19.1 Å². The Morgan fingerprint density at radius 2 is 2.00 bits per heavy atom. The molecular formula is C12H18BrNO2. The fourth-order valence-corrected chi connectivity index (χ4v) is 2.19. The van der Waals surface area contributed by atoms with Crippen molar-refractivity contribution in [3.8, 4) is 11.5 Å². The normalized spacial score (nSPS) is 12.3. The number of benzene rings is 1. The summed E-state index contributed by atoms with van der Waals surface area (Å²) in [6.07, 6.45) is 1.88. The quantitative estimate of drug-likeness (QED) is 0.906. The van der Waals surface area contributed by atoms with Crippen molar-refractivity contribution >= 4 is 15.9 Å². The molecule has 0 saturated carbocycles. The summed E-state index contributed by atoms with van der Waals surface area (Å²) in [5, 5.41) is 0. The first-order chi connectivity index (χ1) is 7.60. The van der Waals surface area contributed by atoms with Gasteiger partial charge < -0.3 is 15.2 Å². The topological polar surface area (TPSA) is 44.5 Å². The largest absolute Gasteiger partial charge is 0.493 e. The van der Waals surface area contributed by atoms with Crippen LogP contribution in [0.5, 0.6) is 11.5 Å². The Hall–Kier alpha value is -0.740. The molecule has 1 aromatic carbocycles. The van der Waals surface area contributed by atoms with Gasteiger partial charge in [-0.1, -0.05) is 6.07 Å². The number of ether oxygens (including phenoxy) is 2. The fraction of sp³-hybridized carbons (Fsp3) is 0.500. The Morgan fingerprint density at radius 3 is 2.50 bits per heavy atom. The van der Waals surface area contributed by atoms with E-state index in [1.165, 1.54) is 5.56 Å². The Balaban J connectivity index is 2.95.